The second-order valence-corrected chi connectivity index (χ2v) is 6.16. The maximum Gasteiger partial charge on any atom is 0.416 e. The Bertz CT molecular complexity index is 793. The fraction of sp³-hybridized carbons (Fsp3) is 0.278. The summed E-state index contributed by atoms with van der Waals surface area (Å²) in [5.41, 5.74) is 0.134. The molecular weight excluding hydrogens is 371 g/mol. The molecule has 8 heteroatoms. The van der Waals surface area contributed by atoms with Gasteiger partial charge in [-0.2, -0.15) is 13.2 Å². The summed E-state index contributed by atoms with van der Waals surface area (Å²) >= 11 is 5.91. The van der Waals surface area contributed by atoms with Crippen LogP contribution in [0, 0.1) is 0 Å². The Kier molecular flexibility index (Phi) is 5.27. The van der Waals surface area contributed by atoms with Gasteiger partial charge in [-0.1, -0.05) is 11.6 Å². The monoisotopic (exact) mass is 385 g/mol. The third-order valence-electron chi connectivity index (χ3n) is 3.84. The average molecular weight is 386 g/mol. The molecular formula is C18H15ClF3NO3. The van der Waals surface area contributed by atoms with Gasteiger partial charge in [-0.25, -0.2) is 0 Å². The molecule has 1 heterocycles. The van der Waals surface area contributed by atoms with Crippen molar-refractivity contribution in [1.82, 2.24) is 5.32 Å². The van der Waals surface area contributed by atoms with Gasteiger partial charge in [-0.05, 0) is 48.0 Å². The minimum atomic E-state index is -4.38. The largest absolute Gasteiger partial charge is 0.492 e. The molecule has 1 atom stereocenters. The van der Waals surface area contributed by atoms with Crippen LogP contribution < -0.4 is 14.8 Å². The Hall–Kier alpha value is -2.41. The minimum absolute atomic E-state index is 0.128. The predicted octanol–water partition coefficient (Wildman–Crippen LogP) is 3.86. The summed E-state index contributed by atoms with van der Waals surface area (Å²) in [7, 11) is 0. The van der Waals surface area contributed by atoms with Crippen LogP contribution in [0.25, 0.3) is 0 Å². The van der Waals surface area contributed by atoms with Gasteiger partial charge >= 0.3 is 6.18 Å². The lowest BCUT2D eigenvalue weighted by molar-refractivity contribution is -0.137. The van der Waals surface area contributed by atoms with Crippen molar-refractivity contribution in [1.29, 1.82) is 0 Å². The molecule has 1 aliphatic heterocycles. The van der Waals surface area contributed by atoms with Gasteiger partial charge in [0, 0.05) is 11.4 Å². The SMILES string of the molecule is O=C(NCCOc1ccc(C(F)(F)F)cc1)C1Cc2cc(Cl)ccc2O1. The lowest BCUT2D eigenvalue weighted by atomic mass is 10.1. The van der Waals surface area contributed by atoms with Gasteiger partial charge in [0.25, 0.3) is 5.91 Å². The molecule has 0 spiro atoms. The molecule has 4 nitrogen and oxygen atoms in total. The molecule has 1 unspecified atom stereocenters. The highest BCUT2D eigenvalue weighted by Crippen LogP contribution is 2.31. The number of alkyl halides is 3. The molecule has 3 rings (SSSR count). The van der Waals surface area contributed by atoms with Gasteiger partial charge in [0.15, 0.2) is 6.10 Å². The van der Waals surface area contributed by atoms with Gasteiger partial charge in [-0.15, -0.1) is 0 Å². The maximum absolute atomic E-state index is 12.5. The Morgan fingerprint density at radius 1 is 1.23 bits per heavy atom. The number of carbonyl (C=O) groups excluding carboxylic acids is 1. The fourth-order valence-corrected chi connectivity index (χ4v) is 2.76. The summed E-state index contributed by atoms with van der Waals surface area (Å²) in [6, 6.07) is 9.55. The number of benzene rings is 2. The van der Waals surface area contributed by atoms with E-state index in [1.165, 1.54) is 12.1 Å². The molecule has 0 bridgehead atoms. The van der Waals surface area contributed by atoms with Gasteiger partial charge in [0.05, 0.1) is 12.1 Å². The molecule has 138 valence electrons. The average Bonchev–Trinajstić information content (AvgIpc) is 3.01. The number of rotatable bonds is 5. The van der Waals surface area contributed by atoms with Crippen LogP contribution in [0.1, 0.15) is 11.1 Å². The topological polar surface area (TPSA) is 47.6 Å². The molecule has 1 amide bonds. The zero-order chi connectivity index (χ0) is 18.7. The van der Waals surface area contributed by atoms with Crippen molar-refractivity contribution in [2.75, 3.05) is 13.2 Å². The molecule has 2 aromatic carbocycles. The van der Waals surface area contributed by atoms with E-state index in [1.54, 1.807) is 18.2 Å². The first-order valence-electron chi connectivity index (χ1n) is 7.86. The summed E-state index contributed by atoms with van der Waals surface area (Å²) in [5.74, 6) is 0.648. The Labute approximate surface area is 152 Å². The maximum atomic E-state index is 12.5. The Morgan fingerprint density at radius 3 is 2.65 bits per heavy atom. The van der Waals surface area contributed by atoms with Crippen LogP contribution in [0.3, 0.4) is 0 Å². The summed E-state index contributed by atoms with van der Waals surface area (Å²) in [4.78, 5) is 12.1. The highest BCUT2D eigenvalue weighted by molar-refractivity contribution is 6.30. The van der Waals surface area contributed by atoms with Crippen LogP contribution in [0.2, 0.25) is 5.02 Å². The predicted molar refractivity (Wildman–Crippen MR) is 89.5 cm³/mol. The van der Waals surface area contributed by atoms with E-state index >= 15 is 0 Å². The summed E-state index contributed by atoms with van der Waals surface area (Å²) in [6.07, 6.45) is -4.58. The molecule has 0 aliphatic carbocycles. The first kappa shape index (κ1) is 18.4. The molecule has 0 radical (unpaired) electrons. The molecule has 2 aromatic rings. The van der Waals surface area contributed by atoms with Crippen LogP contribution in [0.15, 0.2) is 42.5 Å². The lowest BCUT2D eigenvalue weighted by Crippen LogP contribution is -2.39. The summed E-state index contributed by atoms with van der Waals surface area (Å²) in [6.45, 7) is 0.333. The van der Waals surface area contributed by atoms with Crippen LogP contribution in [-0.2, 0) is 17.4 Å². The van der Waals surface area contributed by atoms with Gasteiger partial charge in [-0.3, -0.25) is 4.79 Å². The van der Waals surface area contributed by atoms with Crippen LogP contribution in [0.4, 0.5) is 13.2 Å². The van der Waals surface area contributed by atoms with Gasteiger partial charge < -0.3 is 14.8 Å². The van der Waals surface area contributed by atoms with Crippen molar-refractivity contribution < 1.29 is 27.4 Å². The van der Waals surface area contributed by atoms with E-state index in [4.69, 9.17) is 21.1 Å². The highest BCUT2D eigenvalue weighted by Gasteiger charge is 2.30. The Balaban J connectivity index is 1.42. The van der Waals surface area contributed by atoms with E-state index in [0.29, 0.717) is 22.9 Å². The first-order valence-corrected chi connectivity index (χ1v) is 8.23. The number of amides is 1. The quantitative estimate of drug-likeness (QED) is 0.795. The molecule has 0 saturated carbocycles. The lowest BCUT2D eigenvalue weighted by Gasteiger charge is -2.12. The van der Waals surface area contributed by atoms with Crippen LogP contribution in [-0.4, -0.2) is 25.2 Å². The molecule has 1 N–H and O–H groups in total. The number of ether oxygens (including phenoxy) is 2. The highest BCUT2D eigenvalue weighted by atomic mass is 35.5. The minimum Gasteiger partial charge on any atom is -0.492 e. The van der Waals surface area contributed by atoms with E-state index in [-0.39, 0.29) is 19.1 Å². The second kappa shape index (κ2) is 7.45. The fourth-order valence-electron chi connectivity index (χ4n) is 2.56. The number of hydrogen-bond acceptors (Lipinski definition) is 3. The third kappa shape index (κ3) is 4.40. The third-order valence-corrected chi connectivity index (χ3v) is 4.08. The normalized spacial score (nSPS) is 15.9. The van der Waals surface area contributed by atoms with E-state index in [1.807, 2.05) is 0 Å². The summed E-state index contributed by atoms with van der Waals surface area (Å²) < 4.78 is 48.3. The van der Waals surface area contributed by atoms with Crippen molar-refractivity contribution in [3.05, 3.63) is 58.6 Å². The number of nitrogens with one attached hydrogen (secondary N) is 1. The van der Waals surface area contributed by atoms with Crippen molar-refractivity contribution in [3.8, 4) is 11.5 Å². The van der Waals surface area contributed by atoms with Crippen molar-refractivity contribution in [2.45, 2.75) is 18.7 Å². The van der Waals surface area contributed by atoms with Crippen molar-refractivity contribution in [2.24, 2.45) is 0 Å². The number of halogens is 4. The van der Waals surface area contributed by atoms with E-state index in [0.717, 1.165) is 17.7 Å². The van der Waals surface area contributed by atoms with Crippen LogP contribution in [0.5, 0.6) is 11.5 Å². The first-order chi connectivity index (χ1) is 12.3. The number of fused-ring (bicyclic) bond motifs is 1. The Morgan fingerprint density at radius 2 is 1.96 bits per heavy atom. The standard InChI is InChI=1S/C18H15ClF3NO3/c19-13-3-6-15-11(9-13)10-16(26-15)17(24)23-7-8-25-14-4-1-12(2-5-14)18(20,21)22/h1-6,9,16H,7-8,10H2,(H,23,24). The van der Waals surface area contributed by atoms with Gasteiger partial charge in [0.1, 0.15) is 18.1 Å². The van der Waals surface area contributed by atoms with Crippen molar-refractivity contribution >= 4 is 17.5 Å². The van der Waals surface area contributed by atoms with Gasteiger partial charge in [0.2, 0.25) is 0 Å². The van der Waals surface area contributed by atoms with E-state index in [9.17, 15) is 18.0 Å². The molecule has 0 aromatic heterocycles. The number of carbonyl (C=O) groups is 1. The second-order valence-electron chi connectivity index (χ2n) is 5.72. The molecule has 26 heavy (non-hydrogen) atoms. The zero-order valence-electron chi connectivity index (χ0n) is 13.5. The number of hydrogen-bond donors (Lipinski definition) is 1. The molecule has 0 fully saturated rings. The molecule has 1 aliphatic rings. The van der Waals surface area contributed by atoms with E-state index < -0.39 is 17.8 Å². The molecule has 0 saturated heterocycles. The summed E-state index contributed by atoms with van der Waals surface area (Å²) in [5, 5.41) is 3.26. The van der Waals surface area contributed by atoms with E-state index in [2.05, 4.69) is 5.32 Å². The smallest absolute Gasteiger partial charge is 0.416 e. The van der Waals surface area contributed by atoms with Crippen molar-refractivity contribution in [3.63, 3.8) is 0 Å². The zero-order valence-corrected chi connectivity index (χ0v) is 14.2. The van der Waals surface area contributed by atoms with Crippen LogP contribution >= 0.6 is 11.6 Å².